The van der Waals surface area contributed by atoms with Crippen molar-refractivity contribution >= 4 is 17.4 Å². The SMILES string of the molecule is COCCNC(=O)CN(C)c1cc(C)c(N)cn1. The Hall–Kier alpha value is -1.82. The summed E-state index contributed by atoms with van der Waals surface area (Å²) < 4.78 is 4.86. The lowest BCUT2D eigenvalue weighted by Crippen LogP contribution is -2.37. The van der Waals surface area contributed by atoms with Crippen LogP contribution in [0.25, 0.3) is 0 Å². The molecule has 6 nitrogen and oxygen atoms in total. The van der Waals surface area contributed by atoms with Gasteiger partial charge in [0.1, 0.15) is 5.82 Å². The van der Waals surface area contributed by atoms with Gasteiger partial charge in [0.05, 0.1) is 25.0 Å². The van der Waals surface area contributed by atoms with Gasteiger partial charge in [0.25, 0.3) is 0 Å². The van der Waals surface area contributed by atoms with E-state index in [-0.39, 0.29) is 12.5 Å². The zero-order valence-corrected chi connectivity index (χ0v) is 11.1. The molecule has 6 heteroatoms. The van der Waals surface area contributed by atoms with E-state index in [9.17, 15) is 4.79 Å². The molecule has 0 fully saturated rings. The zero-order valence-electron chi connectivity index (χ0n) is 11.1. The van der Waals surface area contributed by atoms with Crippen molar-refractivity contribution in [3.63, 3.8) is 0 Å². The number of hydrogen-bond donors (Lipinski definition) is 2. The van der Waals surface area contributed by atoms with E-state index in [0.717, 1.165) is 11.4 Å². The maximum Gasteiger partial charge on any atom is 0.239 e. The van der Waals surface area contributed by atoms with E-state index >= 15 is 0 Å². The Labute approximate surface area is 107 Å². The number of amides is 1. The van der Waals surface area contributed by atoms with Crippen LogP contribution in [0.15, 0.2) is 12.3 Å². The summed E-state index contributed by atoms with van der Waals surface area (Å²) in [6.45, 7) is 3.18. The van der Waals surface area contributed by atoms with E-state index in [0.29, 0.717) is 18.8 Å². The number of carbonyl (C=O) groups excluding carboxylic acids is 1. The first-order valence-electron chi connectivity index (χ1n) is 5.73. The summed E-state index contributed by atoms with van der Waals surface area (Å²) in [7, 11) is 3.41. The molecule has 1 rings (SSSR count). The quantitative estimate of drug-likeness (QED) is 0.705. The molecular formula is C12H20N4O2. The maximum atomic E-state index is 11.6. The van der Waals surface area contributed by atoms with Gasteiger partial charge in [-0.3, -0.25) is 4.79 Å². The van der Waals surface area contributed by atoms with Crippen molar-refractivity contribution in [2.24, 2.45) is 0 Å². The van der Waals surface area contributed by atoms with Crippen molar-refractivity contribution in [2.45, 2.75) is 6.92 Å². The topological polar surface area (TPSA) is 80.5 Å². The number of nitrogens with two attached hydrogens (primary N) is 1. The van der Waals surface area contributed by atoms with Crippen LogP contribution in [0.1, 0.15) is 5.56 Å². The van der Waals surface area contributed by atoms with Crippen LogP contribution < -0.4 is 16.0 Å². The normalized spacial score (nSPS) is 10.2. The Morgan fingerprint density at radius 3 is 2.94 bits per heavy atom. The molecule has 0 aromatic carbocycles. The van der Waals surface area contributed by atoms with Crippen molar-refractivity contribution in [3.05, 3.63) is 17.8 Å². The minimum atomic E-state index is -0.0640. The monoisotopic (exact) mass is 252 g/mol. The number of aromatic nitrogens is 1. The number of hydrogen-bond acceptors (Lipinski definition) is 5. The molecule has 0 spiro atoms. The second kappa shape index (κ2) is 6.80. The number of pyridine rings is 1. The van der Waals surface area contributed by atoms with E-state index in [1.54, 1.807) is 18.2 Å². The highest BCUT2D eigenvalue weighted by Crippen LogP contribution is 2.15. The first kappa shape index (κ1) is 14.2. The van der Waals surface area contributed by atoms with Gasteiger partial charge < -0.3 is 20.7 Å². The fourth-order valence-electron chi connectivity index (χ4n) is 1.41. The van der Waals surface area contributed by atoms with Gasteiger partial charge in [-0.1, -0.05) is 0 Å². The first-order valence-corrected chi connectivity index (χ1v) is 5.73. The largest absolute Gasteiger partial charge is 0.397 e. The minimum Gasteiger partial charge on any atom is -0.397 e. The van der Waals surface area contributed by atoms with Gasteiger partial charge in [-0.05, 0) is 18.6 Å². The number of likely N-dealkylation sites (N-methyl/N-ethyl adjacent to an activating group) is 1. The number of carbonyl (C=O) groups is 1. The van der Waals surface area contributed by atoms with Gasteiger partial charge in [-0.2, -0.15) is 0 Å². The summed E-state index contributed by atoms with van der Waals surface area (Å²) in [5.74, 6) is 0.661. The highest BCUT2D eigenvalue weighted by atomic mass is 16.5. The van der Waals surface area contributed by atoms with E-state index in [4.69, 9.17) is 10.5 Å². The zero-order chi connectivity index (χ0) is 13.5. The summed E-state index contributed by atoms with van der Waals surface area (Å²) in [5.41, 5.74) is 7.30. The van der Waals surface area contributed by atoms with Gasteiger partial charge in [-0.25, -0.2) is 4.98 Å². The Morgan fingerprint density at radius 1 is 1.61 bits per heavy atom. The van der Waals surface area contributed by atoms with Gasteiger partial charge in [0, 0.05) is 20.7 Å². The van der Waals surface area contributed by atoms with Crippen LogP contribution in [-0.2, 0) is 9.53 Å². The van der Waals surface area contributed by atoms with Crippen molar-refractivity contribution in [3.8, 4) is 0 Å². The molecule has 0 aliphatic heterocycles. The smallest absolute Gasteiger partial charge is 0.239 e. The second-order valence-electron chi connectivity index (χ2n) is 4.10. The van der Waals surface area contributed by atoms with E-state index in [1.807, 2.05) is 20.0 Å². The fourth-order valence-corrected chi connectivity index (χ4v) is 1.41. The molecule has 0 aliphatic carbocycles. The Balaban J connectivity index is 2.51. The standard InChI is InChI=1S/C12H20N4O2/c1-9-6-11(15-7-10(9)13)16(2)8-12(17)14-4-5-18-3/h6-7H,4-5,8,13H2,1-3H3,(H,14,17). The molecule has 0 radical (unpaired) electrons. The van der Waals surface area contributed by atoms with Crippen molar-refractivity contribution in [1.29, 1.82) is 0 Å². The van der Waals surface area contributed by atoms with Crippen molar-refractivity contribution in [2.75, 3.05) is 44.5 Å². The molecule has 0 atom stereocenters. The molecule has 1 heterocycles. The highest BCUT2D eigenvalue weighted by molar-refractivity contribution is 5.80. The number of rotatable bonds is 6. The summed E-state index contributed by atoms with van der Waals surface area (Å²) >= 11 is 0. The van der Waals surface area contributed by atoms with Gasteiger partial charge >= 0.3 is 0 Å². The molecule has 1 aromatic rings. The molecule has 0 aliphatic rings. The Morgan fingerprint density at radius 2 is 2.33 bits per heavy atom. The molecule has 3 N–H and O–H groups in total. The summed E-state index contributed by atoms with van der Waals surface area (Å²) in [6, 6.07) is 1.86. The highest BCUT2D eigenvalue weighted by Gasteiger charge is 2.08. The Kier molecular flexibility index (Phi) is 5.38. The van der Waals surface area contributed by atoms with Gasteiger partial charge in [0.15, 0.2) is 0 Å². The van der Waals surface area contributed by atoms with Crippen LogP contribution in [0.3, 0.4) is 0 Å². The number of aryl methyl sites for hydroxylation is 1. The molecular weight excluding hydrogens is 232 g/mol. The van der Waals surface area contributed by atoms with E-state index in [1.165, 1.54) is 0 Å². The number of nitrogens with zero attached hydrogens (tertiary/aromatic N) is 2. The number of nitrogens with one attached hydrogen (secondary N) is 1. The van der Waals surface area contributed by atoms with Gasteiger partial charge in [-0.15, -0.1) is 0 Å². The molecule has 0 bridgehead atoms. The summed E-state index contributed by atoms with van der Waals surface area (Å²) in [4.78, 5) is 17.5. The lowest BCUT2D eigenvalue weighted by Gasteiger charge is -2.18. The van der Waals surface area contributed by atoms with Crippen LogP contribution in [0, 0.1) is 6.92 Å². The number of nitrogen functional groups attached to an aromatic ring is 1. The van der Waals surface area contributed by atoms with Crippen LogP contribution in [-0.4, -0.2) is 44.7 Å². The Bertz CT molecular complexity index is 409. The van der Waals surface area contributed by atoms with Crippen LogP contribution in [0.4, 0.5) is 11.5 Å². The molecule has 0 saturated heterocycles. The summed E-state index contributed by atoms with van der Waals surface area (Å²) in [6.07, 6.45) is 1.60. The van der Waals surface area contributed by atoms with E-state index in [2.05, 4.69) is 10.3 Å². The van der Waals surface area contributed by atoms with Crippen molar-refractivity contribution in [1.82, 2.24) is 10.3 Å². The van der Waals surface area contributed by atoms with Crippen molar-refractivity contribution < 1.29 is 9.53 Å². The lowest BCUT2D eigenvalue weighted by molar-refractivity contribution is -0.119. The number of methoxy groups -OCH3 is 1. The predicted molar refractivity (Wildman–Crippen MR) is 71.5 cm³/mol. The third-order valence-corrected chi connectivity index (χ3v) is 2.54. The third kappa shape index (κ3) is 4.21. The lowest BCUT2D eigenvalue weighted by atomic mass is 10.2. The first-order chi connectivity index (χ1) is 8.54. The number of anilines is 2. The summed E-state index contributed by atoms with van der Waals surface area (Å²) in [5, 5.41) is 2.75. The average molecular weight is 252 g/mol. The predicted octanol–water partition coefficient (Wildman–Crippen LogP) is 0.171. The van der Waals surface area contributed by atoms with E-state index < -0.39 is 0 Å². The number of ether oxygens (including phenoxy) is 1. The maximum absolute atomic E-state index is 11.6. The molecule has 1 amide bonds. The second-order valence-corrected chi connectivity index (χ2v) is 4.10. The van der Waals surface area contributed by atoms with Crippen LogP contribution in [0.5, 0.6) is 0 Å². The third-order valence-electron chi connectivity index (χ3n) is 2.54. The van der Waals surface area contributed by atoms with Crippen LogP contribution in [0.2, 0.25) is 0 Å². The molecule has 1 aromatic heterocycles. The van der Waals surface area contributed by atoms with Gasteiger partial charge in [0.2, 0.25) is 5.91 Å². The molecule has 100 valence electrons. The molecule has 0 saturated carbocycles. The minimum absolute atomic E-state index is 0.0640. The molecule has 18 heavy (non-hydrogen) atoms. The molecule has 0 unspecified atom stereocenters. The average Bonchev–Trinajstić information content (AvgIpc) is 2.33. The fraction of sp³-hybridized carbons (Fsp3) is 0.500. The van der Waals surface area contributed by atoms with Crippen LogP contribution >= 0.6 is 0 Å².